The van der Waals surface area contributed by atoms with Crippen molar-refractivity contribution in [1.82, 2.24) is 5.32 Å². The van der Waals surface area contributed by atoms with E-state index in [0.717, 1.165) is 24.2 Å². The first kappa shape index (κ1) is 18.1. The van der Waals surface area contributed by atoms with E-state index < -0.39 is 0 Å². The second-order valence-corrected chi connectivity index (χ2v) is 6.29. The first-order valence-electron chi connectivity index (χ1n) is 8.04. The molecule has 2 nitrogen and oxygen atoms in total. The number of nitrogens with one attached hydrogen (secondary N) is 1. The molecule has 1 N–H and O–H groups in total. The molecule has 0 aliphatic heterocycles. The van der Waals surface area contributed by atoms with Crippen molar-refractivity contribution in [2.75, 3.05) is 6.61 Å². The van der Waals surface area contributed by atoms with E-state index >= 15 is 0 Å². The summed E-state index contributed by atoms with van der Waals surface area (Å²) in [5.74, 6) is 0.717. The number of hydrogen-bond acceptors (Lipinski definition) is 2. The van der Waals surface area contributed by atoms with Crippen molar-refractivity contribution in [3.8, 4) is 5.75 Å². The van der Waals surface area contributed by atoms with Gasteiger partial charge in [0.05, 0.1) is 11.6 Å². The van der Waals surface area contributed by atoms with Gasteiger partial charge in [-0.3, -0.25) is 0 Å². The first-order valence-corrected chi connectivity index (χ1v) is 8.80. The van der Waals surface area contributed by atoms with Crippen LogP contribution in [0, 0.1) is 0 Å². The Labute approximate surface area is 148 Å². The van der Waals surface area contributed by atoms with Gasteiger partial charge in [-0.15, -0.1) is 0 Å². The maximum Gasteiger partial charge on any atom is 0.142 e. The quantitative estimate of drug-likeness (QED) is 0.627. The SMILES string of the molecule is CCCC(NCc1cc(Cl)cc(Cl)c1OCC)c1ccccc1. The van der Waals surface area contributed by atoms with Crippen LogP contribution in [-0.4, -0.2) is 6.61 Å². The van der Waals surface area contributed by atoms with Crippen molar-refractivity contribution >= 4 is 23.2 Å². The zero-order valence-electron chi connectivity index (χ0n) is 13.6. The van der Waals surface area contributed by atoms with E-state index in [0.29, 0.717) is 29.2 Å². The molecule has 2 rings (SSSR count). The second kappa shape index (κ2) is 9.17. The van der Waals surface area contributed by atoms with Gasteiger partial charge in [0.2, 0.25) is 0 Å². The molecule has 0 spiro atoms. The van der Waals surface area contributed by atoms with E-state index in [1.807, 2.05) is 19.1 Å². The molecule has 0 aliphatic rings. The van der Waals surface area contributed by atoms with Gasteiger partial charge in [0, 0.05) is 23.2 Å². The molecule has 124 valence electrons. The van der Waals surface area contributed by atoms with Crippen LogP contribution in [0.25, 0.3) is 0 Å². The minimum atomic E-state index is 0.299. The van der Waals surface area contributed by atoms with Crippen molar-refractivity contribution < 1.29 is 4.74 Å². The average molecular weight is 352 g/mol. The molecule has 0 fully saturated rings. The third-order valence-corrected chi connectivity index (χ3v) is 4.19. The lowest BCUT2D eigenvalue weighted by molar-refractivity contribution is 0.334. The van der Waals surface area contributed by atoms with E-state index in [-0.39, 0.29) is 0 Å². The molecule has 0 saturated carbocycles. The highest BCUT2D eigenvalue weighted by Crippen LogP contribution is 2.33. The molecule has 0 heterocycles. The van der Waals surface area contributed by atoms with Crippen LogP contribution in [0.2, 0.25) is 10.0 Å². The first-order chi connectivity index (χ1) is 11.2. The molecule has 2 aromatic carbocycles. The highest BCUT2D eigenvalue weighted by atomic mass is 35.5. The largest absolute Gasteiger partial charge is 0.492 e. The summed E-state index contributed by atoms with van der Waals surface area (Å²) < 4.78 is 5.69. The zero-order chi connectivity index (χ0) is 16.7. The van der Waals surface area contributed by atoms with E-state index in [2.05, 4.69) is 36.5 Å². The van der Waals surface area contributed by atoms with Gasteiger partial charge in [0.15, 0.2) is 0 Å². The summed E-state index contributed by atoms with van der Waals surface area (Å²) in [6, 6.07) is 14.4. The predicted octanol–water partition coefficient (Wildman–Crippen LogP) is 6.02. The monoisotopic (exact) mass is 351 g/mol. The number of benzene rings is 2. The van der Waals surface area contributed by atoms with Gasteiger partial charge in [-0.1, -0.05) is 66.9 Å². The van der Waals surface area contributed by atoms with Crippen molar-refractivity contribution in [2.45, 2.75) is 39.3 Å². The predicted molar refractivity (Wildman–Crippen MR) is 98.6 cm³/mol. The topological polar surface area (TPSA) is 21.3 Å². The standard InChI is InChI=1S/C19H23Cl2NO/c1-3-8-18(14-9-6-5-7-10-14)22-13-15-11-16(20)12-17(21)19(15)23-4-2/h5-7,9-12,18,22H,3-4,8,13H2,1-2H3. The number of halogens is 2. The number of ether oxygens (including phenoxy) is 1. The number of hydrogen-bond donors (Lipinski definition) is 1. The molecule has 0 saturated heterocycles. The van der Waals surface area contributed by atoms with Gasteiger partial charge >= 0.3 is 0 Å². The Morgan fingerprint density at radius 1 is 1.09 bits per heavy atom. The Morgan fingerprint density at radius 2 is 1.83 bits per heavy atom. The minimum Gasteiger partial charge on any atom is -0.492 e. The van der Waals surface area contributed by atoms with E-state index in [9.17, 15) is 0 Å². The molecule has 2 aromatic rings. The van der Waals surface area contributed by atoms with Crippen LogP contribution >= 0.6 is 23.2 Å². The zero-order valence-corrected chi connectivity index (χ0v) is 15.1. The van der Waals surface area contributed by atoms with Gasteiger partial charge in [0.25, 0.3) is 0 Å². The Morgan fingerprint density at radius 3 is 2.48 bits per heavy atom. The summed E-state index contributed by atoms with van der Waals surface area (Å²) in [5.41, 5.74) is 2.28. The molecular weight excluding hydrogens is 329 g/mol. The van der Waals surface area contributed by atoms with Crippen molar-refractivity contribution in [1.29, 1.82) is 0 Å². The second-order valence-electron chi connectivity index (χ2n) is 5.44. The molecule has 0 bridgehead atoms. The van der Waals surface area contributed by atoms with Crippen molar-refractivity contribution in [2.24, 2.45) is 0 Å². The summed E-state index contributed by atoms with van der Waals surface area (Å²) in [4.78, 5) is 0. The lowest BCUT2D eigenvalue weighted by Crippen LogP contribution is -2.21. The maximum atomic E-state index is 6.27. The summed E-state index contributed by atoms with van der Waals surface area (Å²) in [5, 5.41) is 4.79. The van der Waals surface area contributed by atoms with Gasteiger partial charge in [-0.25, -0.2) is 0 Å². The fourth-order valence-corrected chi connectivity index (χ4v) is 3.23. The summed E-state index contributed by atoms with van der Waals surface area (Å²) in [6.07, 6.45) is 2.18. The lowest BCUT2D eigenvalue weighted by Gasteiger charge is -2.20. The Bertz CT molecular complexity index is 616. The average Bonchev–Trinajstić information content (AvgIpc) is 2.55. The Kier molecular flexibility index (Phi) is 7.22. The third kappa shape index (κ3) is 5.13. The van der Waals surface area contributed by atoms with Crippen LogP contribution in [0.1, 0.15) is 43.9 Å². The molecule has 1 atom stereocenters. The Balaban J connectivity index is 2.17. The fraction of sp³-hybridized carbons (Fsp3) is 0.368. The molecular formula is C19H23Cl2NO. The van der Waals surface area contributed by atoms with Crippen LogP contribution < -0.4 is 10.1 Å². The van der Waals surface area contributed by atoms with E-state index in [4.69, 9.17) is 27.9 Å². The van der Waals surface area contributed by atoms with Crippen LogP contribution in [0.3, 0.4) is 0 Å². The highest BCUT2D eigenvalue weighted by molar-refractivity contribution is 6.35. The van der Waals surface area contributed by atoms with Crippen LogP contribution in [0.5, 0.6) is 5.75 Å². The Hall–Kier alpha value is -1.22. The van der Waals surface area contributed by atoms with Gasteiger partial charge < -0.3 is 10.1 Å². The normalized spacial score (nSPS) is 12.2. The minimum absolute atomic E-state index is 0.299. The van der Waals surface area contributed by atoms with Gasteiger partial charge in [-0.2, -0.15) is 0 Å². The van der Waals surface area contributed by atoms with Gasteiger partial charge in [0.1, 0.15) is 5.75 Å². The molecule has 0 aliphatic carbocycles. The van der Waals surface area contributed by atoms with Gasteiger partial charge in [-0.05, 0) is 31.0 Å². The van der Waals surface area contributed by atoms with Crippen LogP contribution in [0.15, 0.2) is 42.5 Å². The molecule has 0 amide bonds. The smallest absolute Gasteiger partial charge is 0.142 e. The molecule has 0 aromatic heterocycles. The fourth-order valence-electron chi connectivity index (χ4n) is 2.64. The molecule has 4 heteroatoms. The molecule has 1 unspecified atom stereocenters. The molecule has 23 heavy (non-hydrogen) atoms. The molecule has 0 radical (unpaired) electrons. The number of rotatable bonds is 8. The maximum absolute atomic E-state index is 6.27. The summed E-state index contributed by atoms with van der Waals surface area (Å²) in [7, 11) is 0. The highest BCUT2D eigenvalue weighted by Gasteiger charge is 2.14. The summed E-state index contributed by atoms with van der Waals surface area (Å²) in [6.45, 7) is 5.38. The van der Waals surface area contributed by atoms with Crippen molar-refractivity contribution in [3.05, 3.63) is 63.6 Å². The summed E-state index contributed by atoms with van der Waals surface area (Å²) >= 11 is 12.4. The lowest BCUT2D eigenvalue weighted by atomic mass is 10.0. The van der Waals surface area contributed by atoms with E-state index in [1.165, 1.54) is 5.56 Å². The van der Waals surface area contributed by atoms with E-state index in [1.54, 1.807) is 6.07 Å². The third-order valence-electron chi connectivity index (χ3n) is 3.69. The van der Waals surface area contributed by atoms with Crippen molar-refractivity contribution in [3.63, 3.8) is 0 Å². The van der Waals surface area contributed by atoms with Crippen LogP contribution in [0.4, 0.5) is 0 Å². The van der Waals surface area contributed by atoms with Crippen LogP contribution in [-0.2, 0) is 6.54 Å².